The lowest BCUT2D eigenvalue weighted by Gasteiger charge is -2.08. The number of para-hydroxylation sites is 2. The fraction of sp³-hybridized carbons (Fsp3) is 0.235. The molecule has 0 aliphatic heterocycles. The van der Waals surface area contributed by atoms with E-state index in [9.17, 15) is 12.8 Å². The van der Waals surface area contributed by atoms with Gasteiger partial charge in [-0.05, 0) is 42.8 Å². The Kier molecular flexibility index (Phi) is 4.38. The van der Waals surface area contributed by atoms with Crippen LogP contribution in [0.3, 0.4) is 0 Å². The van der Waals surface area contributed by atoms with E-state index < -0.39 is 15.8 Å². The Balaban J connectivity index is 1.72. The van der Waals surface area contributed by atoms with Gasteiger partial charge in [0.2, 0.25) is 10.0 Å². The Morgan fingerprint density at radius 1 is 1.21 bits per heavy atom. The average molecular weight is 347 g/mol. The second-order valence-corrected chi connectivity index (χ2v) is 7.40. The first-order valence-corrected chi connectivity index (χ1v) is 9.03. The van der Waals surface area contributed by atoms with E-state index in [2.05, 4.69) is 9.71 Å². The molecule has 0 aliphatic rings. The molecule has 0 spiro atoms. The molecule has 0 saturated heterocycles. The summed E-state index contributed by atoms with van der Waals surface area (Å²) in [5, 5.41) is 0. The number of imidazole rings is 1. The van der Waals surface area contributed by atoms with Crippen LogP contribution in [-0.2, 0) is 23.5 Å². The van der Waals surface area contributed by atoms with Gasteiger partial charge in [-0.25, -0.2) is 22.5 Å². The first kappa shape index (κ1) is 16.6. The second kappa shape index (κ2) is 6.33. The minimum absolute atomic E-state index is 0.0615. The summed E-state index contributed by atoms with van der Waals surface area (Å²) in [6, 6.07) is 11.5. The lowest BCUT2D eigenvalue weighted by atomic mass is 10.2. The highest BCUT2D eigenvalue weighted by Gasteiger charge is 2.15. The van der Waals surface area contributed by atoms with Gasteiger partial charge in [0.15, 0.2) is 0 Å². The first-order valence-electron chi connectivity index (χ1n) is 7.54. The number of nitrogens with one attached hydrogen (secondary N) is 1. The number of fused-ring (bicyclic) bond motifs is 1. The zero-order chi connectivity index (χ0) is 17.3. The van der Waals surface area contributed by atoms with Gasteiger partial charge in [0.25, 0.3) is 0 Å². The van der Waals surface area contributed by atoms with Crippen LogP contribution >= 0.6 is 0 Å². The summed E-state index contributed by atoms with van der Waals surface area (Å²) in [7, 11) is -1.76. The topological polar surface area (TPSA) is 64.0 Å². The number of nitrogens with zero attached hydrogens (tertiary/aromatic N) is 2. The molecule has 3 aromatic rings. The molecule has 0 unspecified atom stereocenters. The van der Waals surface area contributed by atoms with Crippen LogP contribution in [0.2, 0.25) is 0 Å². The van der Waals surface area contributed by atoms with Gasteiger partial charge >= 0.3 is 0 Å². The third-order valence-electron chi connectivity index (χ3n) is 3.96. The number of hydrogen-bond donors (Lipinski definition) is 1. The zero-order valence-electron chi connectivity index (χ0n) is 13.5. The Morgan fingerprint density at radius 2 is 1.96 bits per heavy atom. The van der Waals surface area contributed by atoms with Crippen molar-refractivity contribution in [3.05, 3.63) is 59.7 Å². The van der Waals surface area contributed by atoms with Gasteiger partial charge in [-0.3, -0.25) is 0 Å². The van der Waals surface area contributed by atoms with Gasteiger partial charge in [-0.15, -0.1) is 0 Å². The Hall–Kier alpha value is -2.25. The van der Waals surface area contributed by atoms with E-state index in [1.165, 1.54) is 19.1 Å². The van der Waals surface area contributed by atoms with Crippen LogP contribution in [0.25, 0.3) is 11.0 Å². The molecular formula is C17H18FN3O2S. The van der Waals surface area contributed by atoms with Gasteiger partial charge in [0.05, 0.1) is 15.9 Å². The maximum Gasteiger partial charge on any atom is 0.240 e. The summed E-state index contributed by atoms with van der Waals surface area (Å²) in [6.07, 6.45) is 0.463. The quantitative estimate of drug-likeness (QED) is 0.771. The molecule has 1 heterocycles. The van der Waals surface area contributed by atoms with Crippen molar-refractivity contribution in [1.82, 2.24) is 14.3 Å². The van der Waals surface area contributed by atoms with E-state index in [1.807, 2.05) is 35.9 Å². The van der Waals surface area contributed by atoms with Gasteiger partial charge in [0, 0.05) is 20.0 Å². The number of halogens is 1. The third-order valence-corrected chi connectivity index (χ3v) is 5.42. The minimum atomic E-state index is -3.67. The van der Waals surface area contributed by atoms with Crippen molar-refractivity contribution in [2.75, 3.05) is 6.54 Å². The van der Waals surface area contributed by atoms with E-state index in [0.29, 0.717) is 12.0 Å². The van der Waals surface area contributed by atoms with E-state index >= 15 is 0 Å². The number of sulfonamides is 1. The van der Waals surface area contributed by atoms with Crippen molar-refractivity contribution in [3.63, 3.8) is 0 Å². The maximum atomic E-state index is 13.3. The molecule has 0 fully saturated rings. The summed E-state index contributed by atoms with van der Waals surface area (Å²) in [5.41, 5.74) is 2.18. The van der Waals surface area contributed by atoms with Crippen LogP contribution < -0.4 is 4.72 Å². The summed E-state index contributed by atoms with van der Waals surface area (Å²) in [5.74, 6) is 0.378. The predicted octanol–water partition coefficient (Wildman–Crippen LogP) is 2.54. The molecule has 2 aromatic carbocycles. The predicted molar refractivity (Wildman–Crippen MR) is 90.7 cm³/mol. The fourth-order valence-electron chi connectivity index (χ4n) is 2.58. The van der Waals surface area contributed by atoms with E-state index in [0.717, 1.165) is 22.9 Å². The number of aryl methyl sites for hydroxylation is 2. The van der Waals surface area contributed by atoms with Gasteiger partial charge in [-0.1, -0.05) is 12.1 Å². The van der Waals surface area contributed by atoms with Crippen LogP contribution in [0, 0.1) is 12.7 Å². The van der Waals surface area contributed by atoms with Crippen molar-refractivity contribution >= 4 is 21.1 Å². The van der Waals surface area contributed by atoms with Crippen molar-refractivity contribution in [1.29, 1.82) is 0 Å². The zero-order valence-corrected chi connectivity index (χ0v) is 14.3. The van der Waals surface area contributed by atoms with Crippen molar-refractivity contribution in [2.45, 2.75) is 18.2 Å². The monoisotopic (exact) mass is 347 g/mol. The molecule has 0 radical (unpaired) electrons. The number of benzene rings is 2. The number of hydrogen-bond acceptors (Lipinski definition) is 3. The molecule has 7 heteroatoms. The molecule has 3 rings (SSSR count). The SMILES string of the molecule is Cc1cc(S(=O)(=O)NCCc2nc3ccccc3n2C)ccc1F. The molecule has 0 saturated carbocycles. The fourth-order valence-corrected chi connectivity index (χ4v) is 3.70. The highest BCUT2D eigenvalue weighted by atomic mass is 32.2. The summed E-state index contributed by atoms with van der Waals surface area (Å²) >= 11 is 0. The third kappa shape index (κ3) is 3.18. The Morgan fingerprint density at radius 3 is 2.67 bits per heavy atom. The molecule has 0 amide bonds. The van der Waals surface area contributed by atoms with Crippen LogP contribution in [0.5, 0.6) is 0 Å². The largest absolute Gasteiger partial charge is 0.331 e. The lowest BCUT2D eigenvalue weighted by Crippen LogP contribution is -2.26. The van der Waals surface area contributed by atoms with Crippen molar-refractivity contribution in [2.24, 2.45) is 7.05 Å². The van der Waals surface area contributed by atoms with E-state index in [-0.39, 0.29) is 11.4 Å². The number of rotatable bonds is 5. The molecule has 5 nitrogen and oxygen atoms in total. The molecule has 1 aromatic heterocycles. The standard InChI is InChI=1S/C17H18FN3O2S/c1-12-11-13(7-8-14(12)18)24(22,23)19-10-9-17-20-15-5-3-4-6-16(15)21(17)2/h3-8,11,19H,9-10H2,1-2H3. The molecule has 0 aliphatic carbocycles. The molecule has 0 bridgehead atoms. The van der Waals surface area contributed by atoms with Crippen molar-refractivity contribution in [3.8, 4) is 0 Å². The maximum absolute atomic E-state index is 13.3. The van der Waals surface area contributed by atoms with Crippen LogP contribution in [-0.4, -0.2) is 24.5 Å². The second-order valence-electron chi connectivity index (χ2n) is 5.63. The molecule has 0 atom stereocenters. The molecular weight excluding hydrogens is 329 g/mol. The summed E-state index contributed by atoms with van der Waals surface area (Å²) in [4.78, 5) is 4.57. The van der Waals surface area contributed by atoms with Gasteiger partial charge in [0.1, 0.15) is 11.6 Å². The Bertz CT molecular complexity index is 996. The summed E-state index contributed by atoms with van der Waals surface area (Å²) in [6.45, 7) is 1.75. The summed E-state index contributed by atoms with van der Waals surface area (Å²) < 4.78 is 42.3. The normalized spacial score (nSPS) is 12.0. The average Bonchev–Trinajstić information content (AvgIpc) is 2.86. The van der Waals surface area contributed by atoms with Crippen LogP contribution in [0.4, 0.5) is 4.39 Å². The smallest absolute Gasteiger partial charge is 0.240 e. The first-order chi connectivity index (χ1) is 11.4. The van der Waals surface area contributed by atoms with Gasteiger partial charge < -0.3 is 4.57 Å². The Labute approximate surface area is 140 Å². The highest BCUT2D eigenvalue weighted by molar-refractivity contribution is 7.89. The molecule has 24 heavy (non-hydrogen) atoms. The molecule has 1 N–H and O–H groups in total. The number of aromatic nitrogens is 2. The van der Waals surface area contributed by atoms with E-state index in [4.69, 9.17) is 0 Å². The lowest BCUT2D eigenvalue weighted by molar-refractivity contribution is 0.578. The van der Waals surface area contributed by atoms with E-state index in [1.54, 1.807) is 0 Å². The molecule has 126 valence electrons. The van der Waals surface area contributed by atoms with Gasteiger partial charge in [-0.2, -0.15) is 0 Å². The minimum Gasteiger partial charge on any atom is -0.331 e. The van der Waals surface area contributed by atoms with Crippen molar-refractivity contribution < 1.29 is 12.8 Å². The van der Waals surface area contributed by atoms with Crippen LogP contribution in [0.1, 0.15) is 11.4 Å². The highest BCUT2D eigenvalue weighted by Crippen LogP contribution is 2.16. The van der Waals surface area contributed by atoms with Crippen LogP contribution in [0.15, 0.2) is 47.4 Å².